The maximum Gasteiger partial charge on any atom is 0.157 e. The number of aromatic nitrogens is 2. The Kier molecular flexibility index (Phi) is 7.42. The Labute approximate surface area is 103 Å². The molecule has 5 nitrogen and oxygen atoms in total. The predicted octanol–water partition coefficient (Wildman–Crippen LogP) is 1.30. The molecule has 1 aromatic rings. The van der Waals surface area contributed by atoms with Crippen molar-refractivity contribution in [3.63, 3.8) is 0 Å². The highest BCUT2D eigenvalue weighted by atomic mass is 16.5. The highest BCUT2D eigenvalue weighted by molar-refractivity contribution is 5.11. The number of aryl methyl sites for hydroxylation is 1. The van der Waals surface area contributed by atoms with Gasteiger partial charge in [-0.3, -0.25) is 4.68 Å². The van der Waals surface area contributed by atoms with Gasteiger partial charge in [-0.05, 0) is 13.3 Å². The van der Waals surface area contributed by atoms with E-state index in [2.05, 4.69) is 17.3 Å². The summed E-state index contributed by atoms with van der Waals surface area (Å²) in [5.41, 5.74) is 0. The van der Waals surface area contributed by atoms with E-state index in [9.17, 15) is 0 Å². The maximum atomic E-state index is 5.55. The molecule has 1 heterocycles. The van der Waals surface area contributed by atoms with E-state index in [1.807, 2.05) is 17.8 Å². The molecule has 0 aromatic carbocycles. The molecular weight excluding hydrogens is 218 g/mol. The molecule has 0 aliphatic carbocycles. The van der Waals surface area contributed by atoms with E-state index in [-0.39, 0.29) is 0 Å². The van der Waals surface area contributed by atoms with Crippen molar-refractivity contribution in [3.8, 4) is 5.75 Å². The van der Waals surface area contributed by atoms with Gasteiger partial charge in [0.05, 0.1) is 19.0 Å². The second-order valence-electron chi connectivity index (χ2n) is 3.73. The number of hydrogen-bond donors (Lipinski definition) is 1. The van der Waals surface area contributed by atoms with Crippen molar-refractivity contribution in [2.75, 3.05) is 32.9 Å². The van der Waals surface area contributed by atoms with E-state index in [0.717, 1.165) is 45.0 Å². The van der Waals surface area contributed by atoms with Gasteiger partial charge >= 0.3 is 0 Å². The summed E-state index contributed by atoms with van der Waals surface area (Å²) in [4.78, 5) is 0. The first-order valence-corrected chi connectivity index (χ1v) is 6.30. The lowest BCUT2D eigenvalue weighted by atomic mass is 10.5. The highest BCUT2D eigenvalue weighted by Gasteiger charge is 1.98. The third-order valence-electron chi connectivity index (χ3n) is 2.24. The third-order valence-corrected chi connectivity index (χ3v) is 2.24. The van der Waals surface area contributed by atoms with Crippen molar-refractivity contribution in [2.24, 2.45) is 0 Å². The average molecular weight is 241 g/mol. The lowest BCUT2D eigenvalue weighted by molar-refractivity contribution is 0.148. The minimum absolute atomic E-state index is 0.657. The van der Waals surface area contributed by atoms with E-state index in [1.54, 1.807) is 6.20 Å². The molecule has 5 heteroatoms. The second-order valence-corrected chi connectivity index (χ2v) is 3.73. The number of hydrogen-bond acceptors (Lipinski definition) is 4. The normalized spacial score (nSPS) is 10.7. The van der Waals surface area contributed by atoms with E-state index >= 15 is 0 Å². The van der Waals surface area contributed by atoms with E-state index < -0.39 is 0 Å². The lowest BCUT2D eigenvalue weighted by Crippen LogP contribution is -2.24. The average Bonchev–Trinajstić information content (AvgIpc) is 2.76. The maximum absolute atomic E-state index is 5.55. The Bertz CT molecular complexity index is 289. The van der Waals surface area contributed by atoms with E-state index in [1.165, 1.54) is 0 Å². The van der Waals surface area contributed by atoms with Crippen molar-refractivity contribution in [1.29, 1.82) is 0 Å². The molecule has 0 saturated heterocycles. The van der Waals surface area contributed by atoms with Gasteiger partial charge in [-0.2, -0.15) is 5.10 Å². The van der Waals surface area contributed by atoms with Crippen LogP contribution in [0.25, 0.3) is 0 Å². The van der Waals surface area contributed by atoms with Crippen LogP contribution >= 0.6 is 0 Å². The van der Waals surface area contributed by atoms with Crippen LogP contribution in [0, 0.1) is 0 Å². The van der Waals surface area contributed by atoms with Crippen LogP contribution in [-0.4, -0.2) is 42.7 Å². The fourth-order valence-corrected chi connectivity index (χ4v) is 1.43. The van der Waals surface area contributed by atoms with Crippen LogP contribution in [0.2, 0.25) is 0 Å². The molecule has 1 rings (SSSR count). The largest absolute Gasteiger partial charge is 0.489 e. The first kappa shape index (κ1) is 14.0. The van der Waals surface area contributed by atoms with Gasteiger partial charge in [-0.15, -0.1) is 0 Å². The van der Waals surface area contributed by atoms with Crippen LogP contribution in [0.5, 0.6) is 5.75 Å². The van der Waals surface area contributed by atoms with Crippen LogP contribution in [0.4, 0.5) is 0 Å². The molecule has 0 aliphatic heterocycles. The second kappa shape index (κ2) is 9.01. The zero-order chi connectivity index (χ0) is 12.3. The molecule has 0 amide bonds. The van der Waals surface area contributed by atoms with Crippen LogP contribution in [0.3, 0.4) is 0 Å². The molecule has 0 atom stereocenters. The minimum atomic E-state index is 0.657. The van der Waals surface area contributed by atoms with Crippen molar-refractivity contribution in [1.82, 2.24) is 15.1 Å². The summed E-state index contributed by atoms with van der Waals surface area (Å²) in [5.74, 6) is 0.838. The summed E-state index contributed by atoms with van der Waals surface area (Å²) in [5, 5.41) is 7.44. The molecule has 0 bridgehead atoms. The smallest absolute Gasteiger partial charge is 0.157 e. The molecule has 0 fully saturated rings. The summed E-state index contributed by atoms with van der Waals surface area (Å²) in [7, 11) is 0. The minimum Gasteiger partial charge on any atom is -0.489 e. The molecule has 0 spiro atoms. The Morgan fingerprint density at radius 2 is 2.12 bits per heavy atom. The molecular formula is C12H23N3O2. The zero-order valence-corrected chi connectivity index (χ0v) is 10.8. The van der Waals surface area contributed by atoms with Crippen molar-refractivity contribution >= 4 is 0 Å². The summed E-state index contributed by atoms with van der Waals surface area (Å²) < 4.78 is 12.7. The van der Waals surface area contributed by atoms with E-state index in [0.29, 0.717) is 6.61 Å². The Hall–Kier alpha value is -1.07. The van der Waals surface area contributed by atoms with Gasteiger partial charge < -0.3 is 14.8 Å². The van der Waals surface area contributed by atoms with Crippen LogP contribution in [0.15, 0.2) is 12.4 Å². The quantitative estimate of drug-likeness (QED) is 0.627. The van der Waals surface area contributed by atoms with Crippen LogP contribution < -0.4 is 10.1 Å². The molecule has 1 aromatic heterocycles. The summed E-state index contributed by atoms with van der Waals surface area (Å²) in [6, 6.07) is 0. The molecule has 98 valence electrons. The van der Waals surface area contributed by atoms with Gasteiger partial charge in [-0.25, -0.2) is 0 Å². The van der Waals surface area contributed by atoms with Gasteiger partial charge in [0, 0.05) is 26.2 Å². The van der Waals surface area contributed by atoms with Crippen molar-refractivity contribution in [3.05, 3.63) is 12.4 Å². The van der Waals surface area contributed by atoms with Gasteiger partial charge in [-0.1, -0.05) is 6.92 Å². The molecule has 0 aliphatic rings. The molecule has 1 N–H and O–H groups in total. The fourth-order valence-electron chi connectivity index (χ4n) is 1.43. The van der Waals surface area contributed by atoms with Crippen molar-refractivity contribution in [2.45, 2.75) is 26.8 Å². The number of rotatable bonds is 10. The SMILES string of the molecule is CCCn1cc(OCCNCCOCC)cn1. The standard InChI is InChI=1S/C12H23N3O2/c1-3-7-15-11-12(10-14-15)17-9-6-13-5-8-16-4-2/h10-11,13H,3-9H2,1-2H3. The molecule has 0 radical (unpaired) electrons. The molecule has 0 saturated carbocycles. The summed E-state index contributed by atoms with van der Waals surface area (Å²) >= 11 is 0. The summed E-state index contributed by atoms with van der Waals surface area (Å²) in [6.45, 7) is 8.94. The van der Waals surface area contributed by atoms with E-state index in [4.69, 9.17) is 9.47 Å². The first-order valence-electron chi connectivity index (χ1n) is 6.30. The lowest BCUT2D eigenvalue weighted by Gasteiger charge is -2.05. The number of nitrogens with one attached hydrogen (secondary N) is 1. The third kappa shape index (κ3) is 6.28. The van der Waals surface area contributed by atoms with Gasteiger partial charge in [0.2, 0.25) is 0 Å². The Morgan fingerprint density at radius 1 is 1.29 bits per heavy atom. The van der Waals surface area contributed by atoms with Gasteiger partial charge in [0.25, 0.3) is 0 Å². The monoisotopic (exact) mass is 241 g/mol. The predicted molar refractivity (Wildman–Crippen MR) is 67.4 cm³/mol. The molecule has 17 heavy (non-hydrogen) atoms. The topological polar surface area (TPSA) is 48.3 Å². The highest BCUT2D eigenvalue weighted by Crippen LogP contribution is 2.07. The van der Waals surface area contributed by atoms with Crippen LogP contribution in [0.1, 0.15) is 20.3 Å². The Morgan fingerprint density at radius 3 is 2.88 bits per heavy atom. The Balaban J connectivity index is 2.01. The zero-order valence-electron chi connectivity index (χ0n) is 10.8. The van der Waals surface area contributed by atoms with Gasteiger partial charge in [0.1, 0.15) is 6.61 Å². The van der Waals surface area contributed by atoms with Crippen LogP contribution in [-0.2, 0) is 11.3 Å². The van der Waals surface area contributed by atoms with Crippen molar-refractivity contribution < 1.29 is 9.47 Å². The number of ether oxygens (including phenoxy) is 2. The summed E-state index contributed by atoms with van der Waals surface area (Å²) in [6.07, 6.45) is 4.78. The first-order chi connectivity index (χ1) is 8.36. The fraction of sp³-hybridized carbons (Fsp3) is 0.750. The molecule has 0 unspecified atom stereocenters. The van der Waals surface area contributed by atoms with Gasteiger partial charge in [0.15, 0.2) is 5.75 Å². The number of nitrogens with zero attached hydrogens (tertiary/aromatic N) is 2.